The molecule has 1 aromatic heterocycles. The molecule has 0 saturated carbocycles. The van der Waals surface area contributed by atoms with Crippen LogP contribution in [0.4, 0.5) is 5.69 Å². The highest BCUT2D eigenvalue weighted by Gasteiger charge is 2.21. The number of anilines is 1. The summed E-state index contributed by atoms with van der Waals surface area (Å²) in [4.78, 5) is 30.5. The number of amides is 2. The number of para-hydroxylation sites is 2. The van der Waals surface area contributed by atoms with E-state index in [9.17, 15) is 9.59 Å². The number of imidazole rings is 1. The van der Waals surface area contributed by atoms with Gasteiger partial charge >= 0.3 is 0 Å². The van der Waals surface area contributed by atoms with E-state index in [1.165, 1.54) is 0 Å². The molecular formula is C27H28N4O2. The highest BCUT2D eigenvalue weighted by Crippen LogP contribution is 2.23. The van der Waals surface area contributed by atoms with Crippen LogP contribution in [-0.4, -0.2) is 21.4 Å². The lowest BCUT2D eigenvalue weighted by Crippen LogP contribution is -2.30. The fourth-order valence-corrected chi connectivity index (χ4v) is 3.94. The fourth-order valence-electron chi connectivity index (χ4n) is 3.94. The molecule has 4 rings (SSSR count). The average Bonchev–Trinajstić information content (AvgIpc) is 3.15. The maximum absolute atomic E-state index is 13.0. The molecule has 0 fully saturated rings. The van der Waals surface area contributed by atoms with Gasteiger partial charge in [-0.05, 0) is 69.2 Å². The molecule has 0 spiro atoms. The van der Waals surface area contributed by atoms with Crippen LogP contribution >= 0.6 is 0 Å². The number of rotatable bonds is 6. The van der Waals surface area contributed by atoms with Crippen LogP contribution in [0.25, 0.3) is 11.0 Å². The second kappa shape index (κ2) is 9.28. The molecule has 2 N–H and O–H groups in total. The van der Waals surface area contributed by atoms with Crippen LogP contribution in [0.3, 0.4) is 0 Å². The van der Waals surface area contributed by atoms with Gasteiger partial charge in [-0.25, -0.2) is 4.98 Å². The molecule has 1 heterocycles. The van der Waals surface area contributed by atoms with Crippen LogP contribution in [-0.2, 0) is 11.3 Å². The monoisotopic (exact) mass is 440 g/mol. The summed E-state index contributed by atoms with van der Waals surface area (Å²) in [5.74, 6) is 0.309. The van der Waals surface area contributed by atoms with Gasteiger partial charge in [0, 0.05) is 11.3 Å². The van der Waals surface area contributed by atoms with E-state index in [4.69, 9.17) is 4.98 Å². The van der Waals surface area contributed by atoms with Gasteiger partial charge < -0.3 is 15.2 Å². The van der Waals surface area contributed by atoms with Crippen LogP contribution in [0.15, 0.2) is 66.7 Å². The molecule has 0 radical (unpaired) electrons. The zero-order chi connectivity index (χ0) is 23.5. The largest absolute Gasteiger partial charge is 0.342 e. The predicted octanol–water partition coefficient (Wildman–Crippen LogP) is 5.09. The van der Waals surface area contributed by atoms with Gasteiger partial charge in [-0.2, -0.15) is 0 Å². The van der Waals surface area contributed by atoms with Crippen LogP contribution in [0, 0.1) is 20.8 Å². The van der Waals surface area contributed by atoms with Crippen molar-refractivity contribution in [1.29, 1.82) is 0 Å². The van der Waals surface area contributed by atoms with Crippen molar-refractivity contribution in [3.8, 4) is 0 Å². The van der Waals surface area contributed by atoms with E-state index in [-0.39, 0.29) is 24.4 Å². The van der Waals surface area contributed by atoms with Crippen molar-refractivity contribution in [3.05, 3.63) is 94.8 Å². The molecule has 4 aromatic rings. The molecule has 1 atom stereocenters. The SMILES string of the molecule is Cc1cccc(C(=O)NC(C)c2nc3ccccc3n2CC(=O)Nc2cccc(C)c2C)c1. The Morgan fingerprint density at radius 2 is 1.73 bits per heavy atom. The first-order valence-electron chi connectivity index (χ1n) is 11.0. The summed E-state index contributed by atoms with van der Waals surface area (Å²) in [5, 5.41) is 6.04. The Hall–Kier alpha value is -3.93. The Bertz CT molecular complexity index is 1340. The van der Waals surface area contributed by atoms with Gasteiger partial charge in [0.1, 0.15) is 12.4 Å². The summed E-state index contributed by atoms with van der Waals surface area (Å²) in [6.07, 6.45) is 0. The van der Waals surface area contributed by atoms with Crippen molar-refractivity contribution >= 4 is 28.5 Å². The molecule has 33 heavy (non-hydrogen) atoms. The first-order chi connectivity index (χ1) is 15.8. The summed E-state index contributed by atoms with van der Waals surface area (Å²) in [6.45, 7) is 7.94. The summed E-state index contributed by atoms with van der Waals surface area (Å²) in [5.41, 5.74) is 6.20. The van der Waals surface area contributed by atoms with E-state index >= 15 is 0 Å². The molecule has 3 aromatic carbocycles. The van der Waals surface area contributed by atoms with Crippen molar-refractivity contribution in [3.63, 3.8) is 0 Å². The van der Waals surface area contributed by atoms with Gasteiger partial charge in [-0.1, -0.05) is 42.0 Å². The maximum atomic E-state index is 13.0. The molecule has 0 bridgehead atoms. The minimum absolute atomic E-state index is 0.0912. The first kappa shape index (κ1) is 22.3. The number of aryl methyl sites for hydroxylation is 2. The molecule has 6 heteroatoms. The zero-order valence-corrected chi connectivity index (χ0v) is 19.3. The van der Waals surface area contributed by atoms with Crippen molar-refractivity contribution in [2.45, 2.75) is 40.3 Å². The van der Waals surface area contributed by atoms with Crippen molar-refractivity contribution in [1.82, 2.24) is 14.9 Å². The number of fused-ring (bicyclic) bond motifs is 1. The lowest BCUT2D eigenvalue weighted by atomic mass is 10.1. The fraction of sp³-hybridized carbons (Fsp3) is 0.222. The number of hydrogen-bond donors (Lipinski definition) is 2. The van der Waals surface area contributed by atoms with Crippen LogP contribution in [0.5, 0.6) is 0 Å². The van der Waals surface area contributed by atoms with Gasteiger partial charge in [0.05, 0.1) is 17.1 Å². The predicted molar refractivity (Wildman–Crippen MR) is 131 cm³/mol. The molecule has 1 unspecified atom stereocenters. The summed E-state index contributed by atoms with van der Waals surface area (Å²) >= 11 is 0. The Kier molecular flexibility index (Phi) is 6.27. The van der Waals surface area contributed by atoms with Crippen LogP contribution in [0.1, 0.15) is 45.8 Å². The van der Waals surface area contributed by atoms with Crippen LogP contribution in [0.2, 0.25) is 0 Å². The normalized spacial score (nSPS) is 11.9. The van der Waals surface area contributed by atoms with Gasteiger partial charge in [0.25, 0.3) is 5.91 Å². The standard InChI is InChI=1S/C27H28N4O2/c1-17-9-7-11-21(15-17)27(33)28-20(4)26-30-23-12-5-6-14-24(23)31(26)16-25(32)29-22-13-8-10-18(2)19(22)3/h5-15,20H,16H2,1-4H3,(H,28,33)(H,29,32). The quantitative estimate of drug-likeness (QED) is 0.438. The number of nitrogens with zero attached hydrogens (tertiary/aromatic N) is 2. The molecule has 0 aliphatic heterocycles. The summed E-state index contributed by atoms with van der Waals surface area (Å²) < 4.78 is 1.87. The minimum atomic E-state index is -0.390. The molecule has 0 saturated heterocycles. The van der Waals surface area contributed by atoms with Crippen molar-refractivity contribution in [2.24, 2.45) is 0 Å². The van der Waals surface area contributed by atoms with E-state index in [1.54, 1.807) is 6.07 Å². The van der Waals surface area contributed by atoms with Gasteiger partial charge in [0.15, 0.2) is 0 Å². The Morgan fingerprint density at radius 3 is 2.52 bits per heavy atom. The van der Waals surface area contributed by atoms with E-state index in [0.717, 1.165) is 33.4 Å². The lowest BCUT2D eigenvalue weighted by Gasteiger charge is -2.17. The van der Waals surface area contributed by atoms with Crippen LogP contribution < -0.4 is 10.6 Å². The molecule has 0 aliphatic rings. The molecular weight excluding hydrogens is 412 g/mol. The zero-order valence-electron chi connectivity index (χ0n) is 19.3. The van der Waals surface area contributed by atoms with Crippen molar-refractivity contribution < 1.29 is 9.59 Å². The Morgan fingerprint density at radius 1 is 0.970 bits per heavy atom. The van der Waals surface area contributed by atoms with E-state index in [0.29, 0.717) is 11.4 Å². The highest BCUT2D eigenvalue weighted by atomic mass is 16.2. The highest BCUT2D eigenvalue weighted by molar-refractivity contribution is 5.95. The second-order valence-corrected chi connectivity index (χ2v) is 8.41. The van der Waals surface area contributed by atoms with Crippen molar-refractivity contribution in [2.75, 3.05) is 5.32 Å². The Labute approximate surface area is 193 Å². The third kappa shape index (κ3) is 4.80. The van der Waals surface area contributed by atoms with Gasteiger partial charge in [-0.3, -0.25) is 9.59 Å². The number of aromatic nitrogens is 2. The first-order valence-corrected chi connectivity index (χ1v) is 11.0. The third-order valence-electron chi connectivity index (χ3n) is 5.88. The van der Waals surface area contributed by atoms with Gasteiger partial charge in [-0.15, -0.1) is 0 Å². The number of nitrogens with one attached hydrogen (secondary N) is 2. The number of carbonyl (C=O) groups is 2. The topological polar surface area (TPSA) is 76.0 Å². The average molecular weight is 441 g/mol. The summed E-state index contributed by atoms with van der Waals surface area (Å²) in [6, 6.07) is 20.6. The van der Waals surface area contributed by atoms with E-state index < -0.39 is 0 Å². The number of hydrogen-bond acceptors (Lipinski definition) is 3. The molecule has 2 amide bonds. The van der Waals surface area contributed by atoms with E-state index in [1.807, 2.05) is 92.9 Å². The second-order valence-electron chi connectivity index (χ2n) is 8.41. The lowest BCUT2D eigenvalue weighted by molar-refractivity contribution is -0.116. The van der Waals surface area contributed by atoms with Gasteiger partial charge in [0.2, 0.25) is 5.91 Å². The number of benzene rings is 3. The van der Waals surface area contributed by atoms with E-state index in [2.05, 4.69) is 10.6 Å². The molecule has 6 nitrogen and oxygen atoms in total. The Balaban J connectivity index is 1.60. The smallest absolute Gasteiger partial charge is 0.251 e. The minimum Gasteiger partial charge on any atom is -0.342 e. The summed E-state index contributed by atoms with van der Waals surface area (Å²) in [7, 11) is 0. The molecule has 0 aliphatic carbocycles. The maximum Gasteiger partial charge on any atom is 0.251 e. The third-order valence-corrected chi connectivity index (χ3v) is 5.88. The number of carbonyl (C=O) groups excluding carboxylic acids is 2. The molecule has 168 valence electrons.